The van der Waals surface area contributed by atoms with Crippen LogP contribution in [0.4, 0.5) is 10.1 Å². The van der Waals surface area contributed by atoms with Gasteiger partial charge in [-0.15, -0.1) is 0 Å². The van der Waals surface area contributed by atoms with Crippen molar-refractivity contribution in [1.82, 2.24) is 9.62 Å². The van der Waals surface area contributed by atoms with Crippen molar-refractivity contribution in [2.75, 3.05) is 44.7 Å². The van der Waals surface area contributed by atoms with Crippen LogP contribution in [-0.4, -0.2) is 58.6 Å². The number of benzene rings is 2. The van der Waals surface area contributed by atoms with E-state index in [4.69, 9.17) is 4.74 Å². The fourth-order valence-corrected chi connectivity index (χ4v) is 4.05. The van der Waals surface area contributed by atoms with Gasteiger partial charge in [0.2, 0.25) is 10.0 Å². The number of rotatable bonds is 8. The highest BCUT2D eigenvalue weighted by Gasteiger charge is 2.17. The number of anilines is 1. The summed E-state index contributed by atoms with van der Waals surface area (Å²) >= 11 is 0. The topological polar surface area (TPSA) is 87.7 Å². The van der Waals surface area contributed by atoms with E-state index in [9.17, 15) is 17.6 Å². The molecule has 2 N–H and O–H groups in total. The molecule has 0 atom stereocenters. The number of hydrogen-bond acceptors (Lipinski definition) is 5. The number of morpholine rings is 1. The van der Waals surface area contributed by atoms with Gasteiger partial charge in [-0.1, -0.05) is 18.2 Å². The van der Waals surface area contributed by atoms with Gasteiger partial charge in [0.1, 0.15) is 5.82 Å². The zero-order valence-electron chi connectivity index (χ0n) is 15.9. The van der Waals surface area contributed by atoms with Crippen molar-refractivity contribution >= 4 is 21.6 Å². The van der Waals surface area contributed by atoms with Crippen LogP contribution in [-0.2, 0) is 14.8 Å². The molecule has 29 heavy (non-hydrogen) atoms. The van der Waals surface area contributed by atoms with E-state index in [1.807, 2.05) is 0 Å². The van der Waals surface area contributed by atoms with Crippen molar-refractivity contribution in [3.05, 3.63) is 59.9 Å². The van der Waals surface area contributed by atoms with E-state index in [2.05, 4.69) is 14.9 Å². The molecule has 1 heterocycles. The van der Waals surface area contributed by atoms with Gasteiger partial charge in [0.15, 0.2) is 0 Å². The van der Waals surface area contributed by atoms with Gasteiger partial charge in [0, 0.05) is 25.2 Å². The minimum absolute atomic E-state index is 0.0786. The molecular weight excluding hydrogens is 397 g/mol. The van der Waals surface area contributed by atoms with Gasteiger partial charge in [-0.05, 0) is 43.3 Å². The van der Waals surface area contributed by atoms with Crippen molar-refractivity contribution in [1.29, 1.82) is 0 Å². The van der Waals surface area contributed by atoms with Crippen LogP contribution in [0.15, 0.2) is 53.4 Å². The van der Waals surface area contributed by atoms with E-state index in [0.29, 0.717) is 25.2 Å². The summed E-state index contributed by atoms with van der Waals surface area (Å²) in [4.78, 5) is 14.2. The SMILES string of the molecule is O=C(Nc1ccc(S(=O)(=O)NCCCN2CCOCC2)cc1F)c1ccccc1. The molecule has 0 aromatic heterocycles. The average molecular weight is 421 g/mol. The monoisotopic (exact) mass is 421 g/mol. The molecule has 1 amide bonds. The molecule has 0 spiro atoms. The molecule has 0 bridgehead atoms. The lowest BCUT2D eigenvalue weighted by molar-refractivity contribution is 0.0376. The lowest BCUT2D eigenvalue weighted by Crippen LogP contribution is -2.38. The first-order chi connectivity index (χ1) is 14.0. The van der Waals surface area contributed by atoms with Crippen LogP contribution in [0.1, 0.15) is 16.8 Å². The lowest BCUT2D eigenvalue weighted by atomic mass is 10.2. The zero-order chi connectivity index (χ0) is 20.7. The number of halogens is 1. The summed E-state index contributed by atoms with van der Waals surface area (Å²) in [5.41, 5.74) is 0.302. The number of carbonyl (C=O) groups is 1. The second kappa shape index (κ2) is 9.93. The molecule has 3 rings (SSSR count). The second-order valence-electron chi connectivity index (χ2n) is 6.67. The van der Waals surface area contributed by atoms with Crippen LogP contribution in [0.3, 0.4) is 0 Å². The second-order valence-corrected chi connectivity index (χ2v) is 8.43. The van der Waals surface area contributed by atoms with Gasteiger partial charge < -0.3 is 10.1 Å². The number of carbonyl (C=O) groups excluding carboxylic acids is 1. The predicted molar refractivity (Wildman–Crippen MR) is 108 cm³/mol. The first kappa shape index (κ1) is 21.4. The van der Waals surface area contributed by atoms with Gasteiger partial charge in [-0.25, -0.2) is 17.5 Å². The van der Waals surface area contributed by atoms with Crippen LogP contribution >= 0.6 is 0 Å². The zero-order valence-corrected chi connectivity index (χ0v) is 16.8. The summed E-state index contributed by atoms with van der Waals surface area (Å²) in [6, 6.07) is 11.8. The van der Waals surface area contributed by atoms with Crippen LogP contribution in [0, 0.1) is 5.82 Å². The molecule has 156 valence electrons. The highest BCUT2D eigenvalue weighted by atomic mass is 32.2. The molecule has 2 aromatic carbocycles. The van der Waals surface area contributed by atoms with E-state index in [1.54, 1.807) is 30.3 Å². The van der Waals surface area contributed by atoms with Gasteiger partial charge in [-0.2, -0.15) is 0 Å². The number of sulfonamides is 1. The predicted octanol–water partition coefficient (Wildman–Crippen LogP) is 2.08. The Kier molecular flexibility index (Phi) is 7.32. The quantitative estimate of drug-likeness (QED) is 0.638. The molecule has 0 saturated carbocycles. The molecular formula is C20H24FN3O4S. The Hall–Kier alpha value is -2.33. The molecule has 1 aliphatic rings. The summed E-state index contributed by atoms with van der Waals surface area (Å²) < 4.78 is 46.9. The maximum atomic E-state index is 14.4. The standard InChI is InChI=1S/C20H24FN3O4S/c21-18-15-17(7-8-19(18)23-20(25)16-5-2-1-3-6-16)29(26,27)22-9-4-10-24-11-13-28-14-12-24/h1-3,5-8,15,22H,4,9-14H2,(H,23,25). The third-order valence-corrected chi connectivity index (χ3v) is 6.04. The average Bonchev–Trinajstić information content (AvgIpc) is 2.74. The molecule has 9 heteroatoms. The molecule has 0 unspecified atom stereocenters. The Morgan fingerprint density at radius 2 is 1.83 bits per heavy atom. The molecule has 0 aliphatic carbocycles. The molecule has 1 aliphatic heterocycles. The number of hydrogen-bond donors (Lipinski definition) is 2. The van der Waals surface area contributed by atoms with Gasteiger partial charge in [0.05, 0.1) is 23.8 Å². The first-order valence-corrected chi connectivity index (χ1v) is 10.9. The summed E-state index contributed by atoms with van der Waals surface area (Å²) in [6.45, 7) is 4.09. The van der Waals surface area contributed by atoms with Crippen LogP contribution in [0.25, 0.3) is 0 Å². The third-order valence-electron chi connectivity index (χ3n) is 4.58. The van der Waals surface area contributed by atoms with Crippen molar-refractivity contribution in [3.8, 4) is 0 Å². The van der Waals surface area contributed by atoms with E-state index >= 15 is 0 Å². The largest absolute Gasteiger partial charge is 0.379 e. The Bertz CT molecular complexity index is 932. The van der Waals surface area contributed by atoms with Crippen molar-refractivity contribution < 1.29 is 22.3 Å². The minimum Gasteiger partial charge on any atom is -0.379 e. The van der Waals surface area contributed by atoms with Crippen LogP contribution < -0.4 is 10.0 Å². The Labute approximate surface area is 169 Å². The molecule has 1 saturated heterocycles. The number of nitrogens with zero attached hydrogens (tertiary/aromatic N) is 1. The number of nitrogens with one attached hydrogen (secondary N) is 2. The normalized spacial score (nSPS) is 15.2. The molecule has 2 aromatic rings. The van der Waals surface area contributed by atoms with Crippen LogP contribution in [0.2, 0.25) is 0 Å². The summed E-state index contributed by atoms with van der Waals surface area (Å²) in [5, 5.41) is 2.45. The van der Waals surface area contributed by atoms with Crippen molar-refractivity contribution in [2.45, 2.75) is 11.3 Å². The Morgan fingerprint density at radius 1 is 1.10 bits per heavy atom. The third kappa shape index (κ3) is 6.07. The van der Waals surface area contributed by atoms with Crippen molar-refractivity contribution in [2.24, 2.45) is 0 Å². The first-order valence-electron chi connectivity index (χ1n) is 9.41. The lowest BCUT2D eigenvalue weighted by Gasteiger charge is -2.26. The summed E-state index contributed by atoms with van der Waals surface area (Å²) in [6.07, 6.45) is 0.646. The van der Waals surface area contributed by atoms with E-state index in [1.165, 1.54) is 12.1 Å². The summed E-state index contributed by atoms with van der Waals surface area (Å²) in [5.74, 6) is -1.29. The van der Waals surface area contributed by atoms with E-state index < -0.39 is 21.7 Å². The van der Waals surface area contributed by atoms with E-state index in [-0.39, 0.29) is 17.1 Å². The van der Waals surface area contributed by atoms with Gasteiger partial charge in [-0.3, -0.25) is 9.69 Å². The number of amides is 1. The maximum absolute atomic E-state index is 14.4. The van der Waals surface area contributed by atoms with E-state index in [0.717, 1.165) is 25.7 Å². The molecule has 1 fully saturated rings. The van der Waals surface area contributed by atoms with Gasteiger partial charge >= 0.3 is 0 Å². The Morgan fingerprint density at radius 3 is 2.52 bits per heavy atom. The van der Waals surface area contributed by atoms with Gasteiger partial charge in [0.25, 0.3) is 5.91 Å². The summed E-state index contributed by atoms with van der Waals surface area (Å²) in [7, 11) is -3.83. The minimum atomic E-state index is -3.83. The Balaban J connectivity index is 1.55. The number of ether oxygens (including phenoxy) is 1. The highest BCUT2D eigenvalue weighted by molar-refractivity contribution is 7.89. The fraction of sp³-hybridized carbons (Fsp3) is 0.350. The van der Waals surface area contributed by atoms with Crippen molar-refractivity contribution in [3.63, 3.8) is 0 Å². The fourth-order valence-electron chi connectivity index (χ4n) is 2.97. The maximum Gasteiger partial charge on any atom is 0.255 e. The smallest absolute Gasteiger partial charge is 0.255 e. The highest BCUT2D eigenvalue weighted by Crippen LogP contribution is 2.20. The molecule has 0 radical (unpaired) electrons. The molecule has 7 nitrogen and oxygen atoms in total. The van der Waals surface area contributed by atoms with Crippen LogP contribution in [0.5, 0.6) is 0 Å².